The number of aryl methyl sites for hydroxylation is 1. The standard InChI is InChI=1S/C14H20N2O3.ClH/c1-3-11-9-12(15-19-11)13(17)18-14-7-4-5-10(6-8-14)16(14)2;/h9-10H,3-8H2,1-2H3;1H. The first kappa shape index (κ1) is 15.3. The van der Waals surface area contributed by atoms with Gasteiger partial charge in [-0.2, -0.15) is 0 Å². The second-order valence-corrected chi connectivity index (χ2v) is 5.56. The quantitative estimate of drug-likeness (QED) is 0.803. The average Bonchev–Trinajstić information content (AvgIpc) is 2.92. The maximum atomic E-state index is 12.2. The molecule has 2 bridgehead atoms. The Kier molecular flexibility index (Phi) is 4.39. The molecule has 0 spiro atoms. The van der Waals surface area contributed by atoms with E-state index in [1.165, 1.54) is 6.42 Å². The number of esters is 1. The van der Waals surface area contributed by atoms with Crippen LogP contribution in [0.15, 0.2) is 10.6 Å². The van der Waals surface area contributed by atoms with E-state index in [9.17, 15) is 4.79 Å². The zero-order chi connectivity index (χ0) is 13.5. The fourth-order valence-corrected chi connectivity index (χ4v) is 3.32. The maximum absolute atomic E-state index is 12.2. The summed E-state index contributed by atoms with van der Waals surface area (Å²) in [7, 11) is 2.06. The van der Waals surface area contributed by atoms with Crippen molar-refractivity contribution in [1.29, 1.82) is 0 Å². The zero-order valence-corrected chi connectivity index (χ0v) is 12.7. The molecule has 0 aromatic carbocycles. The summed E-state index contributed by atoms with van der Waals surface area (Å²) >= 11 is 0. The molecule has 1 aromatic rings. The van der Waals surface area contributed by atoms with Crippen LogP contribution < -0.4 is 0 Å². The molecule has 6 heteroatoms. The Morgan fingerprint density at radius 3 is 3.05 bits per heavy atom. The Hall–Kier alpha value is -1.07. The highest BCUT2D eigenvalue weighted by Gasteiger charge is 2.49. The summed E-state index contributed by atoms with van der Waals surface area (Å²) < 4.78 is 10.9. The van der Waals surface area contributed by atoms with Crippen molar-refractivity contribution in [2.45, 2.75) is 57.2 Å². The molecule has 0 saturated carbocycles. The van der Waals surface area contributed by atoms with E-state index in [0.717, 1.165) is 32.1 Å². The Bertz CT molecular complexity index is 487. The predicted molar refractivity (Wildman–Crippen MR) is 75.9 cm³/mol. The van der Waals surface area contributed by atoms with Crippen molar-refractivity contribution in [2.75, 3.05) is 7.05 Å². The van der Waals surface area contributed by atoms with Crippen LogP contribution in [-0.2, 0) is 11.2 Å². The van der Waals surface area contributed by atoms with Gasteiger partial charge in [0.25, 0.3) is 0 Å². The van der Waals surface area contributed by atoms with Crippen LogP contribution in [0.25, 0.3) is 0 Å². The molecule has 3 rings (SSSR count). The number of halogens is 1. The summed E-state index contributed by atoms with van der Waals surface area (Å²) in [5.74, 6) is 0.351. The van der Waals surface area contributed by atoms with E-state index in [0.29, 0.717) is 11.8 Å². The fraction of sp³-hybridized carbons (Fsp3) is 0.714. The molecule has 0 radical (unpaired) electrons. The number of carbonyl (C=O) groups is 1. The normalized spacial score (nSPS) is 29.0. The second kappa shape index (κ2) is 5.74. The zero-order valence-electron chi connectivity index (χ0n) is 11.9. The van der Waals surface area contributed by atoms with Crippen molar-refractivity contribution >= 4 is 18.4 Å². The van der Waals surface area contributed by atoms with Crippen molar-refractivity contribution in [3.8, 4) is 0 Å². The van der Waals surface area contributed by atoms with Gasteiger partial charge >= 0.3 is 5.97 Å². The lowest BCUT2D eigenvalue weighted by Crippen LogP contribution is -2.50. The molecule has 2 aliphatic rings. The van der Waals surface area contributed by atoms with Crippen LogP contribution in [0, 0.1) is 0 Å². The number of piperidine rings is 1. The van der Waals surface area contributed by atoms with Crippen LogP contribution in [0.2, 0.25) is 0 Å². The second-order valence-electron chi connectivity index (χ2n) is 5.56. The third-order valence-corrected chi connectivity index (χ3v) is 4.56. The molecule has 0 amide bonds. The van der Waals surface area contributed by atoms with Crippen LogP contribution >= 0.6 is 12.4 Å². The van der Waals surface area contributed by atoms with Crippen LogP contribution in [0.5, 0.6) is 0 Å². The van der Waals surface area contributed by atoms with Crippen molar-refractivity contribution in [1.82, 2.24) is 10.1 Å². The Balaban J connectivity index is 0.00000147. The summed E-state index contributed by atoms with van der Waals surface area (Å²) in [5, 5.41) is 3.79. The number of carbonyl (C=O) groups excluding carboxylic acids is 1. The van der Waals surface area contributed by atoms with E-state index in [4.69, 9.17) is 9.26 Å². The van der Waals surface area contributed by atoms with Crippen LogP contribution in [0.3, 0.4) is 0 Å². The monoisotopic (exact) mass is 300 g/mol. The number of ether oxygens (including phenoxy) is 1. The van der Waals surface area contributed by atoms with Gasteiger partial charge in [0.15, 0.2) is 11.4 Å². The fourth-order valence-electron chi connectivity index (χ4n) is 3.32. The predicted octanol–water partition coefficient (Wildman–Crippen LogP) is 2.79. The van der Waals surface area contributed by atoms with Gasteiger partial charge in [-0.3, -0.25) is 4.90 Å². The average molecular weight is 301 g/mol. The first-order valence-electron chi connectivity index (χ1n) is 7.06. The Labute approximate surface area is 125 Å². The first-order chi connectivity index (χ1) is 9.14. The first-order valence-corrected chi connectivity index (χ1v) is 7.06. The lowest BCUT2D eigenvalue weighted by Gasteiger charge is -2.41. The lowest BCUT2D eigenvalue weighted by atomic mass is 10.0. The number of nitrogens with zero attached hydrogens (tertiary/aromatic N) is 2. The highest BCUT2D eigenvalue weighted by Crippen LogP contribution is 2.43. The number of aromatic nitrogens is 1. The van der Waals surface area contributed by atoms with Gasteiger partial charge in [0, 0.05) is 31.4 Å². The van der Waals surface area contributed by atoms with Gasteiger partial charge in [-0.15, -0.1) is 12.4 Å². The maximum Gasteiger partial charge on any atom is 0.362 e. The summed E-state index contributed by atoms with van der Waals surface area (Å²) in [6, 6.07) is 2.24. The molecule has 3 heterocycles. The highest BCUT2D eigenvalue weighted by atomic mass is 35.5. The molecule has 20 heavy (non-hydrogen) atoms. The van der Waals surface area contributed by atoms with Gasteiger partial charge in [0.05, 0.1) is 0 Å². The van der Waals surface area contributed by atoms with Crippen molar-refractivity contribution < 1.29 is 14.1 Å². The molecular weight excluding hydrogens is 280 g/mol. The third kappa shape index (κ3) is 2.44. The summed E-state index contributed by atoms with van der Waals surface area (Å²) in [4.78, 5) is 14.4. The van der Waals surface area contributed by atoms with Gasteiger partial charge < -0.3 is 9.26 Å². The van der Waals surface area contributed by atoms with Crippen molar-refractivity contribution in [3.63, 3.8) is 0 Å². The smallest absolute Gasteiger partial charge is 0.362 e. The molecule has 2 unspecified atom stereocenters. The van der Waals surface area contributed by atoms with E-state index in [1.807, 2.05) is 6.92 Å². The van der Waals surface area contributed by atoms with Crippen LogP contribution in [0.1, 0.15) is 55.3 Å². The number of hydrogen-bond donors (Lipinski definition) is 0. The van der Waals surface area contributed by atoms with Crippen LogP contribution in [0.4, 0.5) is 0 Å². The van der Waals surface area contributed by atoms with E-state index >= 15 is 0 Å². The van der Waals surface area contributed by atoms with Crippen LogP contribution in [-0.4, -0.2) is 34.8 Å². The van der Waals surface area contributed by atoms with Crippen molar-refractivity contribution in [2.24, 2.45) is 0 Å². The molecular formula is C14H21ClN2O3. The number of hydrogen-bond acceptors (Lipinski definition) is 5. The summed E-state index contributed by atoms with van der Waals surface area (Å²) in [5.41, 5.74) is -0.126. The molecule has 0 aliphatic carbocycles. The molecule has 112 valence electrons. The van der Waals surface area contributed by atoms with E-state index in [2.05, 4.69) is 17.1 Å². The summed E-state index contributed by atoms with van der Waals surface area (Å²) in [6.45, 7) is 1.96. The number of rotatable bonds is 3. The van der Waals surface area contributed by atoms with Gasteiger partial charge in [-0.25, -0.2) is 4.79 Å². The van der Waals surface area contributed by atoms with Gasteiger partial charge in [0.2, 0.25) is 0 Å². The minimum absolute atomic E-state index is 0. The third-order valence-electron chi connectivity index (χ3n) is 4.56. The van der Waals surface area contributed by atoms with Gasteiger partial charge in [-0.05, 0) is 26.3 Å². The molecule has 2 saturated heterocycles. The largest absolute Gasteiger partial charge is 0.439 e. The molecule has 0 N–H and O–H groups in total. The number of fused-ring (bicyclic) bond motifs is 2. The van der Waals surface area contributed by atoms with E-state index in [-0.39, 0.29) is 24.1 Å². The highest BCUT2D eigenvalue weighted by molar-refractivity contribution is 5.87. The minimum Gasteiger partial charge on any atom is -0.439 e. The topological polar surface area (TPSA) is 55.6 Å². The summed E-state index contributed by atoms with van der Waals surface area (Å²) in [6.07, 6.45) is 6.03. The van der Waals surface area contributed by atoms with Gasteiger partial charge in [-0.1, -0.05) is 12.1 Å². The molecule has 5 nitrogen and oxygen atoms in total. The Morgan fingerprint density at radius 2 is 2.35 bits per heavy atom. The van der Waals surface area contributed by atoms with E-state index < -0.39 is 5.72 Å². The lowest BCUT2D eigenvalue weighted by molar-refractivity contribution is -0.116. The molecule has 2 aliphatic heterocycles. The minimum atomic E-state index is -0.411. The molecule has 1 aromatic heterocycles. The SMILES string of the molecule is CCc1cc(C(=O)OC23CCCC(CC2)N3C)no1.Cl. The van der Waals surface area contributed by atoms with E-state index in [1.54, 1.807) is 6.07 Å². The van der Waals surface area contributed by atoms with Gasteiger partial charge in [0.1, 0.15) is 5.76 Å². The molecule has 2 atom stereocenters. The van der Waals surface area contributed by atoms with Crippen molar-refractivity contribution in [3.05, 3.63) is 17.5 Å². The molecule has 2 fully saturated rings. The Morgan fingerprint density at radius 1 is 1.55 bits per heavy atom.